The molecule has 54 valence electrons. The van der Waals surface area contributed by atoms with Gasteiger partial charge in [-0.15, -0.1) is 10.2 Å². The van der Waals surface area contributed by atoms with E-state index >= 15 is 0 Å². The number of hydrogen-bond donors (Lipinski definition) is 0. The monoisotopic (exact) mass is 177 g/mol. The molecule has 0 bridgehead atoms. The molecular formula is C5H5Cl2N3. The van der Waals surface area contributed by atoms with Gasteiger partial charge in [-0.25, -0.2) is 0 Å². The van der Waals surface area contributed by atoms with Gasteiger partial charge in [0.2, 0.25) is 0 Å². The lowest BCUT2D eigenvalue weighted by Crippen LogP contribution is -1.95. The summed E-state index contributed by atoms with van der Waals surface area (Å²) >= 11 is 11.2. The Labute approximate surface area is 68.4 Å². The van der Waals surface area contributed by atoms with E-state index in [0.717, 1.165) is 0 Å². The number of aromatic nitrogens is 3. The highest BCUT2D eigenvalue weighted by Gasteiger charge is 2.04. The first kappa shape index (κ1) is 7.69. The molecule has 0 spiro atoms. The third kappa shape index (κ3) is 1.36. The molecule has 0 saturated carbocycles. The van der Waals surface area contributed by atoms with Gasteiger partial charge in [-0.05, 0) is 11.6 Å². The SMILES string of the molecule is CCc1nnnc(Cl)c1Cl. The highest BCUT2D eigenvalue weighted by molar-refractivity contribution is 6.41. The van der Waals surface area contributed by atoms with Crippen molar-refractivity contribution in [2.45, 2.75) is 13.3 Å². The number of aryl methyl sites for hydroxylation is 1. The molecule has 0 fully saturated rings. The van der Waals surface area contributed by atoms with E-state index in [2.05, 4.69) is 15.4 Å². The molecule has 1 aromatic heterocycles. The summed E-state index contributed by atoms with van der Waals surface area (Å²) in [7, 11) is 0. The Morgan fingerprint density at radius 2 is 2.00 bits per heavy atom. The fourth-order valence-corrected chi connectivity index (χ4v) is 0.900. The molecule has 5 heteroatoms. The lowest BCUT2D eigenvalue weighted by molar-refractivity contribution is 0.814. The summed E-state index contributed by atoms with van der Waals surface area (Å²) in [6.45, 7) is 1.92. The van der Waals surface area contributed by atoms with E-state index in [4.69, 9.17) is 23.2 Å². The van der Waals surface area contributed by atoms with Gasteiger partial charge in [0.15, 0.2) is 5.15 Å². The van der Waals surface area contributed by atoms with Crippen LogP contribution in [0.25, 0.3) is 0 Å². The minimum Gasteiger partial charge on any atom is -0.134 e. The second-order valence-corrected chi connectivity index (χ2v) is 2.43. The molecule has 0 aromatic carbocycles. The van der Waals surface area contributed by atoms with Crippen LogP contribution in [0.2, 0.25) is 10.2 Å². The Hall–Kier alpha value is -0.410. The van der Waals surface area contributed by atoms with Crippen molar-refractivity contribution in [1.82, 2.24) is 15.4 Å². The van der Waals surface area contributed by atoms with Crippen molar-refractivity contribution in [3.8, 4) is 0 Å². The van der Waals surface area contributed by atoms with Gasteiger partial charge < -0.3 is 0 Å². The summed E-state index contributed by atoms with van der Waals surface area (Å²) in [6, 6.07) is 0. The summed E-state index contributed by atoms with van der Waals surface area (Å²) in [5, 5.41) is 11.2. The fourth-order valence-electron chi connectivity index (χ4n) is 0.548. The molecule has 0 aliphatic rings. The van der Waals surface area contributed by atoms with Crippen LogP contribution in [-0.2, 0) is 6.42 Å². The number of rotatable bonds is 1. The lowest BCUT2D eigenvalue weighted by atomic mass is 10.3. The van der Waals surface area contributed by atoms with E-state index in [1.54, 1.807) is 0 Å². The first-order chi connectivity index (χ1) is 4.75. The largest absolute Gasteiger partial charge is 0.173 e. The third-order valence-electron chi connectivity index (χ3n) is 1.07. The molecule has 10 heavy (non-hydrogen) atoms. The number of halogens is 2. The van der Waals surface area contributed by atoms with E-state index in [0.29, 0.717) is 17.1 Å². The van der Waals surface area contributed by atoms with Crippen LogP contribution in [0, 0.1) is 0 Å². The van der Waals surface area contributed by atoms with Crippen LogP contribution in [0.3, 0.4) is 0 Å². The zero-order valence-electron chi connectivity index (χ0n) is 5.30. The molecule has 0 unspecified atom stereocenters. The quantitative estimate of drug-likeness (QED) is 0.657. The Balaban J connectivity index is 3.14. The molecule has 3 nitrogen and oxygen atoms in total. The maximum absolute atomic E-state index is 5.70. The molecule has 0 N–H and O–H groups in total. The molecular weight excluding hydrogens is 173 g/mol. The summed E-state index contributed by atoms with van der Waals surface area (Å²) < 4.78 is 0. The van der Waals surface area contributed by atoms with Crippen molar-refractivity contribution in [3.63, 3.8) is 0 Å². The first-order valence-corrected chi connectivity index (χ1v) is 3.54. The van der Waals surface area contributed by atoms with Gasteiger partial charge >= 0.3 is 0 Å². The Kier molecular flexibility index (Phi) is 2.40. The van der Waals surface area contributed by atoms with E-state index in [9.17, 15) is 0 Å². The first-order valence-electron chi connectivity index (χ1n) is 2.79. The van der Waals surface area contributed by atoms with Crippen molar-refractivity contribution in [2.24, 2.45) is 0 Å². The van der Waals surface area contributed by atoms with Crippen LogP contribution in [0.4, 0.5) is 0 Å². The second-order valence-electron chi connectivity index (χ2n) is 1.69. The van der Waals surface area contributed by atoms with Crippen molar-refractivity contribution in [3.05, 3.63) is 15.9 Å². The van der Waals surface area contributed by atoms with Gasteiger partial charge in [-0.3, -0.25) is 0 Å². The summed E-state index contributed by atoms with van der Waals surface area (Å²) in [5.74, 6) is 0. The van der Waals surface area contributed by atoms with Crippen LogP contribution >= 0.6 is 23.2 Å². The standard InChI is InChI=1S/C5H5Cl2N3/c1-2-3-4(6)5(7)9-10-8-3/h2H2,1H3. The topological polar surface area (TPSA) is 38.7 Å². The molecule has 1 rings (SSSR count). The van der Waals surface area contributed by atoms with Crippen molar-refractivity contribution in [2.75, 3.05) is 0 Å². The summed E-state index contributed by atoms with van der Waals surface area (Å²) in [4.78, 5) is 0. The van der Waals surface area contributed by atoms with Gasteiger partial charge in [0.1, 0.15) is 5.02 Å². The molecule has 1 aromatic rings. The minimum absolute atomic E-state index is 0.216. The molecule has 0 amide bonds. The molecule has 0 aliphatic carbocycles. The lowest BCUT2D eigenvalue weighted by Gasteiger charge is -1.96. The van der Waals surface area contributed by atoms with E-state index in [1.165, 1.54) is 0 Å². The highest BCUT2D eigenvalue weighted by atomic mass is 35.5. The van der Waals surface area contributed by atoms with Gasteiger partial charge in [0, 0.05) is 0 Å². The molecule has 1 heterocycles. The van der Waals surface area contributed by atoms with E-state index < -0.39 is 0 Å². The third-order valence-corrected chi connectivity index (χ3v) is 1.83. The van der Waals surface area contributed by atoms with Crippen LogP contribution in [-0.4, -0.2) is 15.4 Å². The second kappa shape index (κ2) is 3.12. The van der Waals surface area contributed by atoms with Gasteiger partial charge in [0.25, 0.3) is 0 Å². The van der Waals surface area contributed by atoms with Gasteiger partial charge in [-0.2, -0.15) is 0 Å². The maximum atomic E-state index is 5.70. The average Bonchev–Trinajstić information content (AvgIpc) is 1.95. The van der Waals surface area contributed by atoms with Crippen LogP contribution in [0.5, 0.6) is 0 Å². The van der Waals surface area contributed by atoms with Crippen LogP contribution < -0.4 is 0 Å². The molecule has 0 aliphatic heterocycles. The van der Waals surface area contributed by atoms with Gasteiger partial charge in [0.05, 0.1) is 5.69 Å². The molecule has 0 saturated heterocycles. The Morgan fingerprint density at radius 3 is 2.50 bits per heavy atom. The predicted molar refractivity (Wildman–Crippen MR) is 39.2 cm³/mol. The summed E-state index contributed by atoms with van der Waals surface area (Å²) in [5.41, 5.74) is 0.682. The van der Waals surface area contributed by atoms with Crippen molar-refractivity contribution >= 4 is 23.2 Å². The Morgan fingerprint density at radius 1 is 1.30 bits per heavy atom. The van der Waals surface area contributed by atoms with E-state index in [-0.39, 0.29) is 5.15 Å². The molecule has 0 radical (unpaired) electrons. The van der Waals surface area contributed by atoms with Crippen molar-refractivity contribution < 1.29 is 0 Å². The van der Waals surface area contributed by atoms with Gasteiger partial charge in [-0.1, -0.05) is 30.1 Å². The van der Waals surface area contributed by atoms with Crippen LogP contribution in [0.15, 0.2) is 0 Å². The predicted octanol–water partition coefficient (Wildman–Crippen LogP) is 1.74. The zero-order chi connectivity index (χ0) is 7.56. The Bertz CT molecular complexity index is 238. The summed E-state index contributed by atoms with van der Waals surface area (Å²) in [6.07, 6.45) is 0.716. The average molecular weight is 178 g/mol. The fraction of sp³-hybridized carbons (Fsp3) is 0.400. The zero-order valence-corrected chi connectivity index (χ0v) is 6.82. The smallest absolute Gasteiger partial charge is 0.134 e. The van der Waals surface area contributed by atoms with Crippen molar-refractivity contribution in [1.29, 1.82) is 0 Å². The highest BCUT2D eigenvalue weighted by Crippen LogP contribution is 2.20. The van der Waals surface area contributed by atoms with E-state index in [1.807, 2.05) is 6.92 Å². The number of nitrogens with zero attached hydrogens (tertiary/aromatic N) is 3. The molecule has 0 atom stereocenters. The minimum atomic E-state index is 0.216. The maximum Gasteiger partial charge on any atom is 0.173 e. The van der Waals surface area contributed by atoms with Crippen LogP contribution in [0.1, 0.15) is 12.6 Å². The normalized spacial score (nSPS) is 9.90. The number of hydrogen-bond acceptors (Lipinski definition) is 3.